The van der Waals surface area contributed by atoms with E-state index in [9.17, 15) is 4.79 Å². The third kappa shape index (κ3) is 3.33. The molecule has 2 aromatic carbocycles. The van der Waals surface area contributed by atoms with Crippen LogP contribution in [0.15, 0.2) is 30.3 Å². The highest BCUT2D eigenvalue weighted by atomic mass is 16.5. The predicted molar refractivity (Wildman–Crippen MR) is 86.4 cm³/mol. The van der Waals surface area contributed by atoms with Crippen molar-refractivity contribution in [2.24, 2.45) is 0 Å². The van der Waals surface area contributed by atoms with Crippen LogP contribution in [-0.2, 0) is 0 Å². The van der Waals surface area contributed by atoms with Gasteiger partial charge in [0.1, 0.15) is 5.75 Å². The molecule has 0 amide bonds. The van der Waals surface area contributed by atoms with Gasteiger partial charge in [0.15, 0.2) is 12.4 Å². The summed E-state index contributed by atoms with van der Waals surface area (Å²) >= 11 is 0. The van der Waals surface area contributed by atoms with Crippen LogP contribution in [0.2, 0.25) is 0 Å². The standard InChI is InChI=1S/C19H22O2/c1-12-6-9-17(15(4)10-12)18(20)11-21-19-14(3)8-7-13(2)16(19)5/h6-10H,11H2,1-5H3. The molecule has 2 aromatic rings. The molecule has 0 saturated carbocycles. The Labute approximate surface area is 126 Å². The normalized spacial score (nSPS) is 10.5. The van der Waals surface area contributed by atoms with Crippen molar-refractivity contribution in [2.45, 2.75) is 34.6 Å². The molecule has 0 spiro atoms. The summed E-state index contributed by atoms with van der Waals surface area (Å²) in [6.45, 7) is 10.1. The predicted octanol–water partition coefficient (Wildman–Crippen LogP) is 4.49. The second kappa shape index (κ2) is 6.13. The molecule has 0 N–H and O–H groups in total. The van der Waals surface area contributed by atoms with Crippen LogP contribution in [0.1, 0.15) is 38.2 Å². The largest absolute Gasteiger partial charge is 0.485 e. The second-order valence-electron chi connectivity index (χ2n) is 5.68. The van der Waals surface area contributed by atoms with E-state index in [1.165, 1.54) is 5.56 Å². The van der Waals surface area contributed by atoms with Crippen molar-refractivity contribution in [3.05, 3.63) is 63.7 Å². The molecule has 110 valence electrons. The minimum Gasteiger partial charge on any atom is -0.485 e. The van der Waals surface area contributed by atoms with Crippen molar-refractivity contribution in [3.63, 3.8) is 0 Å². The average molecular weight is 282 g/mol. The summed E-state index contributed by atoms with van der Waals surface area (Å²) in [5.74, 6) is 0.848. The number of ketones is 1. The van der Waals surface area contributed by atoms with Gasteiger partial charge in [0.2, 0.25) is 0 Å². The average Bonchev–Trinajstić information content (AvgIpc) is 2.43. The fourth-order valence-electron chi connectivity index (χ4n) is 2.49. The van der Waals surface area contributed by atoms with Crippen LogP contribution in [0.3, 0.4) is 0 Å². The van der Waals surface area contributed by atoms with Gasteiger partial charge in [0.25, 0.3) is 0 Å². The molecular weight excluding hydrogens is 260 g/mol. The summed E-state index contributed by atoms with van der Waals surface area (Å²) in [6.07, 6.45) is 0. The van der Waals surface area contributed by atoms with Crippen molar-refractivity contribution in [1.82, 2.24) is 0 Å². The van der Waals surface area contributed by atoms with Gasteiger partial charge in [-0.05, 0) is 56.9 Å². The van der Waals surface area contributed by atoms with Crippen molar-refractivity contribution in [2.75, 3.05) is 6.61 Å². The fraction of sp³-hybridized carbons (Fsp3) is 0.316. The number of hydrogen-bond acceptors (Lipinski definition) is 2. The SMILES string of the molecule is Cc1ccc(C(=O)COc2c(C)ccc(C)c2C)c(C)c1. The highest BCUT2D eigenvalue weighted by molar-refractivity contribution is 5.98. The zero-order valence-corrected chi connectivity index (χ0v) is 13.4. The van der Waals surface area contributed by atoms with Crippen molar-refractivity contribution >= 4 is 5.78 Å². The lowest BCUT2D eigenvalue weighted by Crippen LogP contribution is -2.14. The number of aryl methyl sites for hydroxylation is 4. The van der Waals surface area contributed by atoms with Crippen molar-refractivity contribution < 1.29 is 9.53 Å². The van der Waals surface area contributed by atoms with Gasteiger partial charge in [0, 0.05) is 5.56 Å². The first-order chi connectivity index (χ1) is 9.90. The minimum absolute atomic E-state index is 0.0211. The van der Waals surface area contributed by atoms with Crippen LogP contribution in [0, 0.1) is 34.6 Å². The number of rotatable bonds is 4. The maximum Gasteiger partial charge on any atom is 0.200 e. The zero-order valence-electron chi connectivity index (χ0n) is 13.4. The van der Waals surface area contributed by atoms with E-state index in [-0.39, 0.29) is 12.4 Å². The molecule has 21 heavy (non-hydrogen) atoms. The number of carbonyl (C=O) groups excluding carboxylic acids is 1. The van der Waals surface area contributed by atoms with Crippen LogP contribution in [0.25, 0.3) is 0 Å². The summed E-state index contributed by atoms with van der Waals surface area (Å²) in [5, 5.41) is 0. The number of Topliss-reactive ketones (excluding diaryl/α,β-unsaturated/α-hetero) is 1. The third-order valence-electron chi connectivity index (χ3n) is 3.90. The van der Waals surface area contributed by atoms with Crippen LogP contribution in [0.5, 0.6) is 5.75 Å². The first-order valence-corrected chi connectivity index (χ1v) is 7.20. The smallest absolute Gasteiger partial charge is 0.200 e. The van der Waals surface area contributed by atoms with E-state index in [2.05, 4.69) is 6.07 Å². The first-order valence-electron chi connectivity index (χ1n) is 7.20. The Balaban J connectivity index is 2.17. The molecule has 0 aromatic heterocycles. The lowest BCUT2D eigenvalue weighted by molar-refractivity contribution is 0.0920. The van der Waals surface area contributed by atoms with Crippen LogP contribution in [0.4, 0.5) is 0 Å². The number of benzene rings is 2. The van der Waals surface area contributed by atoms with E-state index in [1.54, 1.807) is 0 Å². The zero-order chi connectivity index (χ0) is 15.6. The summed E-state index contributed by atoms with van der Waals surface area (Å²) in [6, 6.07) is 9.97. The second-order valence-corrected chi connectivity index (χ2v) is 5.68. The quantitative estimate of drug-likeness (QED) is 0.772. The minimum atomic E-state index is 0.0211. The molecule has 0 atom stereocenters. The summed E-state index contributed by atoms with van der Waals surface area (Å²) in [5.41, 5.74) is 6.24. The Morgan fingerprint density at radius 3 is 2.24 bits per heavy atom. The summed E-state index contributed by atoms with van der Waals surface area (Å²) < 4.78 is 5.80. The van der Waals surface area contributed by atoms with Gasteiger partial charge in [0.05, 0.1) is 0 Å². The Morgan fingerprint density at radius 1 is 0.905 bits per heavy atom. The molecule has 2 rings (SSSR count). The molecule has 0 bridgehead atoms. The monoisotopic (exact) mass is 282 g/mol. The lowest BCUT2D eigenvalue weighted by atomic mass is 10.0. The molecule has 0 unspecified atom stereocenters. The summed E-state index contributed by atoms with van der Waals surface area (Å²) in [4.78, 5) is 12.3. The number of carbonyl (C=O) groups is 1. The van der Waals surface area contributed by atoms with Gasteiger partial charge >= 0.3 is 0 Å². The number of hydrogen-bond donors (Lipinski definition) is 0. The Morgan fingerprint density at radius 2 is 1.57 bits per heavy atom. The molecule has 0 aliphatic rings. The van der Waals surface area contributed by atoms with Gasteiger partial charge in [-0.3, -0.25) is 4.79 Å². The molecule has 0 saturated heterocycles. The van der Waals surface area contributed by atoms with E-state index in [0.717, 1.165) is 33.6 Å². The van der Waals surface area contributed by atoms with E-state index < -0.39 is 0 Å². The van der Waals surface area contributed by atoms with Gasteiger partial charge in [-0.1, -0.05) is 35.9 Å². The maximum atomic E-state index is 12.3. The van der Waals surface area contributed by atoms with Crippen LogP contribution in [-0.4, -0.2) is 12.4 Å². The van der Waals surface area contributed by atoms with Crippen molar-refractivity contribution in [1.29, 1.82) is 0 Å². The molecule has 0 fully saturated rings. The highest BCUT2D eigenvalue weighted by Gasteiger charge is 2.12. The van der Waals surface area contributed by atoms with Gasteiger partial charge in [-0.2, -0.15) is 0 Å². The fourth-order valence-corrected chi connectivity index (χ4v) is 2.49. The molecule has 0 radical (unpaired) electrons. The molecule has 0 heterocycles. The number of ether oxygens (including phenoxy) is 1. The van der Waals surface area contributed by atoms with E-state index >= 15 is 0 Å². The Bertz CT molecular complexity index is 684. The van der Waals surface area contributed by atoms with E-state index in [4.69, 9.17) is 4.74 Å². The lowest BCUT2D eigenvalue weighted by Gasteiger charge is -2.14. The van der Waals surface area contributed by atoms with Gasteiger partial charge < -0.3 is 4.74 Å². The molecule has 2 nitrogen and oxygen atoms in total. The topological polar surface area (TPSA) is 26.3 Å². The Kier molecular flexibility index (Phi) is 4.46. The summed E-state index contributed by atoms with van der Waals surface area (Å²) in [7, 11) is 0. The van der Waals surface area contributed by atoms with Gasteiger partial charge in [-0.25, -0.2) is 0 Å². The Hall–Kier alpha value is -2.09. The molecule has 0 aliphatic carbocycles. The van der Waals surface area contributed by atoms with Crippen molar-refractivity contribution in [3.8, 4) is 5.75 Å². The van der Waals surface area contributed by atoms with E-state index in [1.807, 2.05) is 58.9 Å². The van der Waals surface area contributed by atoms with E-state index in [0.29, 0.717) is 0 Å². The molecule has 2 heteroatoms. The van der Waals surface area contributed by atoms with Gasteiger partial charge in [-0.15, -0.1) is 0 Å². The molecular formula is C19H22O2. The molecule has 0 aliphatic heterocycles. The van der Waals surface area contributed by atoms with Crippen LogP contribution < -0.4 is 4.74 Å². The highest BCUT2D eigenvalue weighted by Crippen LogP contribution is 2.26. The van der Waals surface area contributed by atoms with Crippen LogP contribution >= 0.6 is 0 Å². The maximum absolute atomic E-state index is 12.3. The third-order valence-corrected chi connectivity index (χ3v) is 3.90. The first kappa shape index (κ1) is 15.3.